The summed E-state index contributed by atoms with van der Waals surface area (Å²) in [6, 6.07) is 4.59. The number of carboxylic acids is 1. The Balaban J connectivity index is 2.52. The summed E-state index contributed by atoms with van der Waals surface area (Å²) < 4.78 is 0. The largest absolute Gasteiger partial charge is 0.475 e. The first kappa shape index (κ1) is 9.39. The Kier molecular flexibility index (Phi) is 2.00. The minimum atomic E-state index is -1.51. The van der Waals surface area contributed by atoms with E-state index in [-0.39, 0.29) is 17.9 Å². The molecule has 15 heavy (non-hydrogen) atoms. The van der Waals surface area contributed by atoms with Crippen LogP contribution >= 0.6 is 0 Å². The van der Waals surface area contributed by atoms with Crippen molar-refractivity contribution in [3.05, 3.63) is 29.3 Å². The molecule has 76 valence electrons. The van der Waals surface area contributed by atoms with Gasteiger partial charge in [-0.3, -0.25) is 9.59 Å². The van der Waals surface area contributed by atoms with Crippen LogP contribution in [-0.2, 0) is 16.0 Å². The second-order valence-corrected chi connectivity index (χ2v) is 3.19. The van der Waals surface area contributed by atoms with Crippen molar-refractivity contribution >= 4 is 23.3 Å². The maximum absolute atomic E-state index is 11.3. The Morgan fingerprint density at radius 3 is 2.73 bits per heavy atom. The topological polar surface area (TPSA) is 83.5 Å². The van der Waals surface area contributed by atoms with Gasteiger partial charge in [-0.05, 0) is 11.6 Å². The highest BCUT2D eigenvalue weighted by Gasteiger charge is 2.26. The number of fused-ring (bicyclic) bond motifs is 1. The second kappa shape index (κ2) is 3.20. The van der Waals surface area contributed by atoms with Crippen molar-refractivity contribution in [2.75, 3.05) is 5.32 Å². The van der Waals surface area contributed by atoms with Crippen LogP contribution in [0.3, 0.4) is 0 Å². The molecule has 0 saturated carbocycles. The van der Waals surface area contributed by atoms with E-state index >= 15 is 0 Å². The van der Waals surface area contributed by atoms with Gasteiger partial charge in [0.25, 0.3) is 5.78 Å². The standard InChI is InChI=1S/C10H7NO4/c12-8-4-6-5(9(13)10(14)15)2-1-3-7(6)11-8/h1-3H,4H2,(H,11,12)(H,14,15). The Morgan fingerprint density at radius 1 is 1.33 bits per heavy atom. The van der Waals surface area contributed by atoms with Gasteiger partial charge in [0, 0.05) is 11.3 Å². The molecule has 1 amide bonds. The lowest BCUT2D eigenvalue weighted by atomic mass is 10.0. The lowest BCUT2D eigenvalue weighted by Gasteiger charge is -2.02. The van der Waals surface area contributed by atoms with E-state index in [0.29, 0.717) is 11.3 Å². The molecule has 5 nitrogen and oxygen atoms in total. The van der Waals surface area contributed by atoms with Gasteiger partial charge in [-0.25, -0.2) is 4.79 Å². The number of ketones is 1. The Hall–Kier alpha value is -2.17. The van der Waals surface area contributed by atoms with E-state index < -0.39 is 11.8 Å². The van der Waals surface area contributed by atoms with E-state index in [2.05, 4.69) is 5.32 Å². The van der Waals surface area contributed by atoms with Crippen LogP contribution < -0.4 is 5.32 Å². The van der Waals surface area contributed by atoms with Gasteiger partial charge >= 0.3 is 5.97 Å². The number of amides is 1. The number of anilines is 1. The van der Waals surface area contributed by atoms with Crippen molar-refractivity contribution in [3.63, 3.8) is 0 Å². The monoisotopic (exact) mass is 205 g/mol. The Labute approximate surface area is 84.7 Å². The average Bonchev–Trinajstić information content (AvgIpc) is 2.56. The summed E-state index contributed by atoms with van der Waals surface area (Å²) in [4.78, 5) is 32.9. The molecule has 0 spiro atoms. The zero-order valence-electron chi connectivity index (χ0n) is 7.61. The third kappa shape index (κ3) is 1.48. The maximum atomic E-state index is 11.3. The predicted molar refractivity (Wildman–Crippen MR) is 50.7 cm³/mol. The summed E-state index contributed by atoms with van der Waals surface area (Å²) in [7, 11) is 0. The van der Waals surface area contributed by atoms with Crippen molar-refractivity contribution in [2.24, 2.45) is 0 Å². The molecular weight excluding hydrogens is 198 g/mol. The molecule has 0 unspecified atom stereocenters. The van der Waals surface area contributed by atoms with Crippen molar-refractivity contribution < 1.29 is 19.5 Å². The number of aliphatic carboxylic acids is 1. The van der Waals surface area contributed by atoms with E-state index in [0.717, 1.165) is 0 Å². The summed E-state index contributed by atoms with van der Waals surface area (Å²) >= 11 is 0. The lowest BCUT2D eigenvalue weighted by Crippen LogP contribution is -2.14. The number of hydrogen-bond acceptors (Lipinski definition) is 3. The van der Waals surface area contributed by atoms with Crippen molar-refractivity contribution in [1.29, 1.82) is 0 Å². The number of benzene rings is 1. The van der Waals surface area contributed by atoms with Crippen molar-refractivity contribution in [1.82, 2.24) is 0 Å². The van der Waals surface area contributed by atoms with Crippen LogP contribution in [0.15, 0.2) is 18.2 Å². The highest BCUT2D eigenvalue weighted by atomic mass is 16.4. The van der Waals surface area contributed by atoms with Gasteiger partial charge in [0.2, 0.25) is 5.91 Å². The van der Waals surface area contributed by atoms with Crippen molar-refractivity contribution in [2.45, 2.75) is 6.42 Å². The van der Waals surface area contributed by atoms with Crippen LogP contribution in [-0.4, -0.2) is 22.8 Å². The first-order valence-corrected chi connectivity index (χ1v) is 4.29. The Morgan fingerprint density at radius 2 is 2.07 bits per heavy atom. The van der Waals surface area contributed by atoms with Crippen LogP contribution in [0.5, 0.6) is 0 Å². The van der Waals surface area contributed by atoms with Crippen molar-refractivity contribution in [3.8, 4) is 0 Å². The van der Waals surface area contributed by atoms with Crippen LogP contribution in [0.2, 0.25) is 0 Å². The fourth-order valence-electron chi connectivity index (χ4n) is 1.58. The van der Waals surface area contributed by atoms with Gasteiger partial charge < -0.3 is 10.4 Å². The fraction of sp³-hybridized carbons (Fsp3) is 0.100. The van der Waals surface area contributed by atoms with E-state index in [1.165, 1.54) is 6.07 Å². The summed E-state index contributed by atoms with van der Waals surface area (Å²) in [5.74, 6) is -2.72. The van der Waals surface area contributed by atoms with Crippen LogP contribution in [0.4, 0.5) is 5.69 Å². The molecule has 1 heterocycles. The van der Waals surface area contributed by atoms with Crippen LogP contribution in [0.25, 0.3) is 0 Å². The van der Waals surface area contributed by atoms with Gasteiger partial charge in [0.15, 0.2) is 0 Å². The number of carbonyl (C=O) groups is 3. The average molecular weight is 205 g/mol. The van der Waals surface area contributed by atoms with Crippen LogP contribution in [0, 0.1) is 0 Å². The summed E-state index contributed by atoms with van der Waals surface area (Å²) in [5.41, 5.74) is 1.07. The third-order valence-electron chi connectivity index (χ3n) is 2.23. The smallest absolute Gasteiger partial charge is 0.377 e. The molecule has 0 atom stereocenters. The molecule has 0 bridgehead atoms. The molecule has 0 aliphatic carbocycles. The van der Waals surface area contributed by atoms with E-state index in [1.807, 2.05) is 0 Å². The number of nitrogens with one attached hydrogen (secondary N) is 1. The highest BCUT2D eigenvalue weighted by molar-refractivity contribution is 6.40. The number of carbonyl (C=O) groups excluding carboxylic acids is 2. The number of hydrogen-bond donors (Lipinski definition) is 2. The maximum Gasteiger partial charge on any atom is 0.377 e. The highest BCUT2D eigenvalue weighted by Crippen LogP contribution is 2.26. The van der Waals surface area contributed by atoms with Gasteiger partial charge in [-0.2, -0.15) is 0 Å². The molecule has 1 aromatic rings. The second-order valence-electron chi connectivity index (χ2n) is 3.19. The number of carboxylic acid groups (broad SMARTS) is 1. The summed E-state index contributed by atoms with van der Waals surface area (Å²) in [5, 5.41) is 11.1. The SMILES string of the molecule is O=C1Cc2c(cccc2C(=O)C(=O)O)N1. The Bertz CT molecular complexity index is 478. The molecule has 0 saturated heterocycles. The predicted octanol–water partition coefficient (Wildman–Crippen LogP) is 0.448. The zero-order chi connectivity index (χ0) is 11.0. The molecule has 0 radical (unpaired) electrons. The molecule has 0 fully saturated rings. The first-order chi connectivity index (χ1) is 7.09. The van der Waals surface area contributed by atoms with E-state index in [1.54, 1.807) is 12.1 Å². The van der Waals surface area contributed by atoms with Gasteiger partial charge in [0.05, 0.1) is 6.42 Å². The number of rotatable bonds is 2. The number of Topliss-reactive ketones (excluding diaryl/α,β-unsaturated/α-hetero) is 1. The van der Waals surface area contributed by atoms with E-state index in [4.69, 9.17) is 5.11 Å². The zero-order valence-corrected chi connectivity index (χ0v) is 7.61. The molecular formula is C10H7NO4. The van der Waals surface area contributed by atoms with Gasteiger partial charge in [-0.15, -0.1) is 0 Å². The molecule has 2 rings (SSSR count). The minimum Gasteiger partial charge on any atom is -0.475 e. The van der Waals surface area contributed by atoms with E-state index in [9.17, 15) is 14.4 Å². The summed E-state index contributed by atoms with van der Waals surface area (Å²) in [6.07, 6.45) is 0.0600. The molecule has 1 aliphatic rings. The fourth-order valence-corrected chi connectivity index (χ4v) is 1.58. The summed E-state index contributed by atoms with van der Waals surface area (Å²) in [6.45, 7) is 0. The molecule has 5 heteroatoms. The molecule has 1 aliphatic heterocycles. The van der Waals surface area contributed by atoms with Gasteiger partial charge in [-0.1, -0.05) is 12.1 Å². The molecule has 1 aromatic carbocycles. The van der Waals surface area contributed by atoms with Gasteiger partial charge in [0.1, 0.15) is 0 Å². The van der Waals surface area contributed by atoms with Crippen LogP contribution in [0.1, 0.15) is 15.9 Å². The molecule has 0 aromatic heterocycles. The first-order valence-electron chi connectivity index (χ1n) is 4.29. The lowest BCUT2D eigenvalue weighted by molar-refractivity contribution is -0.131. The third-order valence-corrected chi connectivity index (χ3v) is 2.23. The normalized spacial score (nSPS) is 13.2. The molecule has 2 N–H and O–H groups in total. The minimum absolute atomic E-state index is 0.0600. The quantitative estimate of drug-likeness (QED) is 0.542.